The van der Waals surface area contributed by atoms with E-state index in [1.807, 2.05) is 6.92 Å². The molecule has 0 aromatic carbocycles. The highest BCUT2D eigenvalue weighted by molar-refractivity contribution is 5.90. The van der Waals surface area contributed by atoms with Crippen molar-refractivity contribution in [1.82, 2.24) is 10.6 Å². The van der Waals surface area contributed by atoms with Crippen molar-refractivity contribution in [2.24, 2.45) is 5.92 Å². The lowest BCUT2D eigenvalue weighted by Gasteiger charge is -2.16. The van der Waals surface area contributed by atoms with Crippen LogP contribution in [0.2, 0.25) is 0 Å². The van der Waals surface area contributed by atoms with Crippen LogP contribution in [0.3, 0.4) is 0 Å². The van der Waals surface area contributed by atoms with Gasteiger partial charge in [0.05, 0.1) is 0 Å². The Morgan fingerprint density at radius 3 is 2.94 bits per heavy atom. The molecule has 1 rings (SSSR count). The summed E-state index contributed by atoms with van der Waals surface area (Å²) in [4.78, 5) is 22.6. The van der Waals surface area contributed by atoms with Crippen LogP contribution >= 0.6 is 0 Å². The summed E-state index contributed by atoms with van der Waals surface area (Å²) in [5, 5.41) is 14.3. The normalized spacial score (nSPS) is 21.6. The quantitative estimate of drug-likeness (QED) is 0.588. The molecule has 0 radical (unpaired) electrons. The van der Waals surface area contributed by atoms with Crippen LogP contribution in [0.25, 0.3) is 0 Å². The van der Waals surface area contributed by atoms with Crippen molar-refractivity contribution >= 4 is 11.8 Å². The lowest BCUT2D eigenvalue weighted by molar-refractivity contribution is -0.125. The number of hydrogen-bond donors (Lipinski definition) is 3. The predicted molar refractivity (Wildman–Crippen MR) is 59.7 cm³/mol. The maximum absolute atomic E-state index is 11.6. The van der Waals surface area contributed by atoms with E-state index in [4.69, 9.17) is 5.11 Å². The Bertz CT molecular complexity index is 256. The first-order chi connectivity index (χ1) is 7.67. The number of rotatable bonds is 6. The van der Waals surface area contributed by atoms with Crippen LogP contribution in [0, 0.1) is 5.92 Å². The molecular formula is C11H20N2O3. The van der Waals surface area contributed by atoms with Crippen LogP contribution in [0.4, 0.5) is 0 Å². The Morgan fingerprint density at radius 2 is 2.44 bits per heavy atom. The van der Waals surface area contributed by atoms with E-state index in [9.17, 15) is 9.59 Å². The summed E-state index contributed by atoms with van der Waals surface area (Å²) in [6.45, 7) is 2.75. The molecule has 0 bridgehead atoms. The molecule has 1 aliphatic heterocycles. The van der Waals surface area contributed by atoms with Crippen LogP contribution in [-0.4, -0.2) is 36.1 Å². The van der Waals surface area contributed by atoms with E-state index in [1.54, 1.807) is 0 Å². The van der Waals surface area contributed by atoms with Crippen molar-refractivity contribution in [3.8, 4) is 0 Å². The van der Waals surface area contributed by atoms with Crippen molar-refractivity contribution in [2.45, 2.75) is 38.6 Å². The summed E-state index contributed by atoms with van der Waals surface area (Å²) < 4.78 is 0. The van der Waals surface area contributed by atoms with Gasteiger partial charge >= 0.3 is 0 Å². The molecule has 1 saturated heterocycles. The molecule has 5 heteroatoms. The molecule has 1 heterocycles. The van der Waals surface area contributed by atoms with Gasteiger partial charge in [-0.2, -0.15) is 0 Å². The van der Waals surface area contributed by atoms with E-state index in [0.29, 0.717) is 31.7 Å². The molecule has 0 aromatic rings. The first-order valence-electron chi connectivity index (χ1n) is 5.85. The van der Waals surface area contributed by atoms with Gasteiger partial charge in [-0.05, 0) is 18.8 Å². The van der Waals surface area contributed by atoms with Gasteiger partial charge in [0.1, 0.15) is 6.04 Å². The second-order valence-corrected chi connectivity index (χ2v) is 4.19. The van der Waals surface area contributed by atoms with E-state index < -0.39 is 0 Å². The molecule has 0 spiro atoms. The van der Waals surface area contributed by atoms with Crippen molar-refractivity contribution in [3.63, 3.8) is 0 Å². The Hall–Kier alpha value is -1.10. The number of carbonyl (C=O) groups is 2. The molecule has 2 atom stereocenters. The van der Waals surface area contributed by atoms with E-state index in [0.717, 1.165) is 6.42 Å². The van der Waals surface area contributed by atoms with E-state index >= 15 is 0 Å². The third-order valence-electron chi connectivity index (χ3n) is 2.99. The first-order valence-corrected chi connectivity index (χ1v) is 5.85. The Kier molecular flexibility index (Phi) is 5.25. The van der Waals surface area contributed by atoms with Gasteiger partial charge in [0, 0.05) is 19.6 Å². The standard InChI is InChI=1S/C11H20N2O3/c1-2-8(5-6-14)7-12-11(16)9-3-4-10(15)13-9/h8-9,14H,2-7H2,1H3,(H,12,16)(H,13,15)/t8?,9-/m1/s1. The summed E-state index contributed by atoms with van der Waals surface area (Å²) in [5.74, 6) is 0.149. The number of carbonyl (C=O) groups excluding carboxylic acids is 2. The predicted octanol–water partition coefficient (Wildman–Crippen LogP) is -0.210. The van der Waals surface area contributed by atoms with Gasteiger partial charge in [-0.15, -0.1) is 0 Å². The largest absolute Gasteiger partial charge is 0.396 e. The highest BCUT2D eigenvalue weighted by Crippen LogP contribution is 2.08. The fraction of sp³-hybridized carbons (Fsp3) is 0.818. The zero-order valence-electron chi connectivity index (χ0n) is 9.66. The molecule has 5 nitrogen and oxygen atoms in total. The number of aliphatic hydroxyl groups excluding tert-OH is 1. The number of nitrogens with one attached hydrogen (secondary N) is 2. The molecule has 1 unspecified atom stereocenters. The minimum Gasteiger partial charge on any atom is -0.396 e. The Balaban J connectivity index is 2.26. The van der Waals surface area contributed by atoms with Crippen molar-refractivity contribution < 1.29 is 14.7 Å². The lowest BCUT2D eigenvalue weighted by Crippen LogP contribution is -2.43. The smallest absolute Gasteiger partial charge is 0.242 e. The maximum Gasteiger partial charge on any atom is 0.242 e. The second kappa shape index (κ2) is 6.48. The number of aliphatic hydroxyl groups is 1. The summed E-state index contributed by atoms with van der Waals surface area (Å²) in [5.41, 5.74) is 0. The van der Waals surface area contributed by atoms with Gasteiger partial charge in [-0.1, -0.05) is 13.3 Å². The summed E-state index contributed by atoms with van der Waals surface area (Å²) in [7, 11) is 0. The number of amides is 2. The zero-order chi connectivity index (χ0) is 12.0. The van der Waals surface area contributed by atoms with Gasteiger partial charge in [-0.25, -0.2) is 0 Å². The van der Waals surface area contributed by atoms with Crippen molar-refractivity contribution in [3.05, 3.63) is 0 Å². The minimum atomic E-state index is -0.362. The molecular weight excluding hydrogens is 208 g/mol. The van der Waals surface area contributed by atoms with Crippen LogP contribution in [-0.2, 0) is 9.59 Å². The molecule has 0 aromatic heterocycles. The topological polar surface area (TPSA) is 78.4 Å². The minimum absolute atomic E-state index is 0.0532. The van der Waals surface area contributed by atoms with Gasteiger partial charge in [-0.3, -0.25) is 9.59 Å². The van der Waals surface area contributed by atoms with E-state index in [1.165, 1.54) is 0 Å². The van der Waals surface area contributed by atoms with Crippen molar-refractivity contribution in [2.75, 3.05) is 13.2 Å². The average molecular weight is 228 g/mol. The molecule has 16 heavy (non-hydrogen) atoms. The lowest BCUT2D eigenvalue weighted by atomic mass is 10.0. The monoisotopic (exact) mass is 228 g/mol. The third-order valence-corrected chi connectivity index (χ3v) is 2.99. The van der Waals surface area contributed by atoms with Crippen molar-refractivity contribution in [1.29, 1.82) is 0 Å². The van der Waals surface area contributed by atoms with Gasteiger partial charge in [0.15, 0.2) is 0 Å². The zero-order valence-corrected chi connectivity index (χ0v) is 9.66. The van der Waals surface area contributed by atoms with E-state index in [2.05, 4.69) is 10.6 Å². The molecule has 3 N–H and O–H groups in total. The van der Waals surface area contributed by atoms with Gasteiger partial charge in [0.2, 0.25) is 11.8 Å². The average Bonchev–Trinajstić information content (AvgIpc) is 2.70. The van der Waals surface area contributed by atoms with Crippen LogP contribution in [0.1, 0.15) is 32.6 Å². The van der Waals surface area contributed by atoms with Gasteiger partial charge in [0.25, 0.3) is 0 Å². The van der Waals surface area contributed by atoms with Crippen LogP contribution < -0.4 is 10.6 Å². The Labute approximate surface area is 95.6 Å². The molecule has 1 fully saturated rings. The molecule has 1 aliphatic rings. The molecule has 92 valence electrons. The summed E-state index contributed by atoms with van der Waals surface area (Å²) in [6.07, 6.45) is 2.65. The highest BCUT2D eigenvalue weighted by atomic mass is 16.3. The highest BCUT2D eigenvalue weighted by Gasteiger charge is 2.27. The maximum atomic E-state index is 11.6. The van der Waals surface area contributed by atoms with Crippen LogP contribution in [0.15, 0.2) is 0 Å². The SMILES string of the molecule is CCC(CCO)CNC(=O)[C@H]1CCC(=O)N1. The number of hydrogen-bond acceptors (Lipinski definition) is 3. The van der Waals surface area contributed by atoms with E-state index in [-0.39, 0.29) is 24.5 Å². The third kappa shape index (κ3) is 3.81. The first kappa shape index (κ1) is 13.0. The molecule has 2 amide bonds. The summed E-state index contributed by atoms with van der Waals surface area (Å²) >= 11 is 0. The fourth-order valence-electron chi connectivity index (χ4n) is 1.81. The second-order valence-electron chi connectivity index (χ2n) is 4.19. The Morgan fingerprint density at radius 1 is 1.69 bits per heavy atom. The summed E-state index contributed by atoms with van der Waals surface area (Å²) in [6, 6.07) is -0.362. The molecule has 0 aliphatic carbocycles. The molecule has 0 saturated carbocycles. The van der Waals surface area contributed by atoms with Gasteiger partial charge < -0.3 is 15.7 Å². The van der Waals surface area contributed by atoms with Crippen LogP contribution in [0.5, 0.6) is 0 Å². The fourth-order valence-corrected chi connectivity index (χ4v) is 1.81.